The van der Waals surface area contributed by atoms with Crippen LogP contribution in [0.15, 0.2) is 30.5 Å². The fourth-order valence-electron chi connectivity index (χ4n) is 2.15. The first kappa shape index (κ1) is 14.3. The van der Waals surface area contributed by atoms with Crippen LogP contribution in [0.1, 0.15) is 28.4 Å². The van der Waals surface area contributed by atoms with Gasteiger partial charge in [-0.25, -0.2) is 5.43 Å². The number of benzene rings is 1. The molecule has 1 aromatic carbocycles. The molecule has 0 aliphatic heterocycles. The molecule has 19 heavy (non-hydrogen) atoms. The average molecular weight is 296 g/mol. The zero-order chi connectivity index (χ0) is 14.0. The molecule has 2 rings (SSSR count). The predicted molar refractivity (Wildman–Crippen MR) is 79.3 cm³/mol. The molecule has 0 spiro atoms. The Hall–Kier alpha value is -1.13. The number of nitrogens with zero attached hydrogens (tertiary/aromatic N) is 1. The summed E-state index contributed by atoms with van der Waals surface area (Å²) in [6.45, 7) is 4.09. The van der Waals surface area contributed by atoms with Crippen LogP contribution >= 0.6 is 23.2 Å². The topological polar surface area (TPSA) is 50.9 Å². The number of aryl methyl sites for hydroxylation is 2. The van der Waals surface area contributed by atoms with E-state index in [-0.39, 0.29) is 6.04 Å². The van der Waals surface area contributed by atoms with Gasteiger partial charge in [-0.2, -0.15) is 0 Å². The van der Waals surface area contributed by atoms with Crippen molar-refractivity contribution in [2.24, 2.45) is 5.84 Å². The highest BCUT2D eigenvalue weighted by atomic mass is 35.5. The lowest BCUT2D eigenvalue weighted by atomic mass is 9.99. The van der Waals surface area contributed by atoms with Gasteiger partial charge in [-0.05, 0) is 25.5 Å². The van der Waals surface area contributed by atoms with Crippen LogP contribution in [0.2, 0.25) is 10.0 Å². The van der Waals surface area contributed by atoms with E-state index in [1.54, 1.807) is 12.3 Å². The second-order valence-corrected chi connectivity index (χ2v) is 5.38. The van der Waals surface area contributed by atoms with Gasteiger partial charge in [-0.3, -0.25) is 10.8 Å². The summed E-state index contributed by atoms with van der Waals surface area (Å²) in [4.78, 5) is 4.28. The number of aromatic nitrogens is 1. The Morgan fingerprint density at radius 2 is 1.74 bits per heavy atom. The van der Waals surface area contributed by atoms with E-state index in [1.807, 2.05) is 13.8 Å². The maximum atomic E-state index is 6.19. The van der Waals surface area contributed by atoms with E-state index in [4.69, 9.17) is 29.0 Å². The minimum atomic E-state index is -0.261. The number of pyridine rings is 1. The number of hydrogen-bond donors (Lipinski definition) is 2. The van der Waals surface area contributed by atoms with Gasteiger partial charge in [-0.1, -0.05) is 52.5 Å². The first-order valence-corrected chi connectivity index (χ1v) is 6.62. The van der Waals surface area contributed by atoms with E-state index < -0.39 is 0 Å². The second kappa shape index (κ2) is 5.88. The zero-order valence-corrected chi connectivity index (χ0v) is 12.3. The summed E-state index contributed by atoms with van der Waals surface area (Å²) in [6, 6.07) is 7.63. The van der Waals surface area contributed by atoms with Crippen molar-refractivity contribution < 1.29 is 0 Å². The molecule has 2 aromatic rings. The molecule has 0 saturated heterocycles. The molecule has 0 amide bonds. The maximum Gasteiger partial charge on any atom is 0.0896 e. The monoisotopic (exact) mass is 295 g/mol. The molecule has 3 N–H and O–H groups in total. The molecule has 1 aromatic heterocycles. The van der Waals surface area contributed by atoms with Gasteiger partial charge in [0, 0.05) is 6.20 Å². The lowest BCUT2D eigenvalue weighted by Gasteiger charge is -2.18. The summed E-state index contributed by atoms with van der Waals surface area (Å²) in [5, 5.41) is 1.000. The van der Waals surface area contributed by atoms with E-state index in [2.05, 4.69) is 28.6 Å². The van der Waals surface area contributed by atoms with Gasteiger partial charge < -0.3 is 0 Å². The Kier molecular flexibility index (Phi) is 4.42. The third kappa shape index (κ3) is 3.25. The molecule has 0 saturated carbocycles. The minimum absolute atomic E-state index is 0.261. The van der Waals surface area contributed by atoms with Crippen LogP contribution in [-0.2, 0) is 0 Å². The quantitative estimate of drug-likeness (QED) is 0.672. The summed E-state index contributed by atoms with van der Waals surface area (Å²) in [7, 11) is 0. The highest BCUT2D eigenvalue weighted by Gasteiger charge is 2.18. The van der Waals surface area contributed by atoms with E-state index in [0.717, 1.165) is 5.56 Å². The van der Waals surface area contributed by atoms with E-state index >= 15 is 0 Å². The highest BCUT2D eigenvalue weighted by molar-refractivity contribution is 6.34. The largest absolute Gasteiger partial charge is 0.271 e. The SMILES string of the molecule is Cc1cc(C)cc(C(NN)c2ncc(Cl)cc2Cl)c1. The highest BCUT2D eigenvalue weighted by Crippen LogP contribution is 2.28. The first-order chi connectivity index (χ1) is 9.01. The van der Waals surface area contributed by atoms with Gasteiger partial charge >= 0.3 is 0 Å². The van der Waals surface area contributed by atoms with Crippen LogP contribution in [0.25, 0.3) is 0 Å². The Labute approximate surface area is 122 Å². The summed E-state index contributed by atoms with van der Waals surface area (Å²) in [5.74, 6) is 5.66. The number of nitrogens with two attached hydrogens (primary N) is 1. The first-order valence-electron chi connectivity index (χ1n) is 5.86. The minimum Gasteiger partial charge on any atom is -0.271 e. The Balaban J connectivity index is 2.49. The van der Waals surface area contributed by atoms with Crippen molar-refractivity contribution in [1.29, 1.82) is 0 Å². The van der Waals surface area contributed by atoms with Crippen molar-refractivity contribution in [1.82, 2.24) is 10.4 Å². The average Bonchev–Trinajstić information content (AvgIpc) is 2.31. The van der Waals surface area contributed by atoms with Crippen molar-refractivity contribution >= 4 is 23.2 Å². The van der Waals surface area contributed by atoms with Crippen LogP contribution in [0.5, 0.6) is 0 Å². The third-order valence-corrected chi connectivity index (χ3v) is 3.36. The number of hydrazine groups is 1. The fraction of sp³-hybridized carbons (Fsp3) is 0.214. The summed E-state index contributed by atoms with van der Waals surface area (Å²) < 4.78 is 0. The molecule has 3 nitrogen and oxygen atoms in total. The summed E-state index contributed by atoms with van der Waals surface area (Å²) in [5.41, 5.74) is 6.78. The molecule has 1 atom stereocenters. The molecule has 0 aliphatic carbocycles. The number of rotatable bonds is 3. The van der Waals surface area contributed by atoms with Gasteiger partial charge in [-0.15, -0.1) is 0 Å². The van der Waals surface area contributed by atoms with Crippen molar-refractivity contribution in [3.8, 4) is 0 Å². The van der Waals surface area contributed by atoms with E-state index in [9.17, 15) is 0 Å². The molecular formula is C14H15Cl2N3. The van der Waals surface area contributed by atoms with Crippen LogP contribution < -0.4 is 11.3 Å². The molecule has 1 heterocycles. The predicted octanol–water partition coefficient (Wildman–Crippen LogP) is 3.56. The zero-order valence-electron chi connectivity index (χ0n) is 10.7. The fourth-order valence-corrected chi connectivity index (χ4v) is 2.64. The Morgan fingerprint density at radius 1 is 1.11 bits per heavy atom. The number of hydrogen-bond acceptors (Lipinski definition) is 3. The summed E-state index contributed by atoms with van der Waals surface area (Å²) >= 11 is 12.1. The van der Waals surface area contributed by atoms with Crippen molar-refractivity contribution in [2.75, 3.05) is 0 Å². The van der Waals surface area contributed by atoms with Gasteiger partial charge in [0.05, 0.1) is 21.8 Å². The lowest BCUT2D eigenvalue weighted by Crippen LogP contribution is -2.29. The molecule has 0 fully saturated rings. The number of halogens is 2. The van der Waals surface area contributed by atoms with Crippen molar-refractivity contribution in [2.45, 2.75) is 19.9 Å². The van der Waals surface area contributed by atoms with Gasteiger partial charge in [0.2, 0.25) is 0 Å². The molecule has 0 radical (unpaired) electrons. The lowest BCUT2D eigenvalue weighted by molar-refractivity contribution is 0.620. The van der Waals surface area contributed by atoms with E-state index in [1.165, 1.54) is 11.1 Å². The third-order valence-electron chi connectivity index (χ3n) is 2.85. The normalized spacial score (nSPS) is 12.5. The second-order valence-electron chi connectivity index (χ2n) is 4.54. The molecule has 0 bridgehead atoms. The Bertz CT molecular complexity index is 579. The Morgan fingerprint density at radius 3 is 2.26 bits per heavy atom. The van der Waals surface area contributed by atoms with Crippen molar-refractivity contribution in [3.05, 3.63) is 62.9 Å². The number of nitrogens with one attached hydrogen (secondary N) is 1. The van der Waals surface area contributed by atoms with Gasteiger partial charge in [0.1, 0.15) is 0 Å². The van der Waals surface area contributed by atoms with E-state index in [0.29, 0.717) is 15.7 Å². The van der Waals surface area contributed by atoms with Crippen LogP contribution in [-0.4, -0.2) is 4.98 Å². The van der Waals surface area contributed by atoms with Crippen LogP contribution in [0.4, 0.5) is 0 Å². The standard InChI is InChI=1S/C14H15Cl2N3/c1-8-3-9(2)5-10(4-8)13(19-17)14-12(16)6-11(15)7-18-14/h3-7,13,19H,17H2,1-2H3. The molecule has 5 heteroatoms. The molecular weight excluding hydrogens is 281 g/mol. The van der Waals surface area contributed by atoms with Gasteiger partial charge in [0.25, 0.3) is 0 Å². The summed E-state index contributed by atoms with van der Waals surface area (Å²) in [6.07, 6.45) is 1.57. The van der Waals surface area contributed by atoms with Crippen LogP contribution in [0, 0.1) is 13.8 Å². The smallest absolute Gasteiger partial charge is 0.0896 e. The maximum absolute atomic E-state index is 6.19. The molecule has 1 unspecified atom stereocenters. The van der Waals surface area contributed by atoms with Crippen LogP contribution in [0.3, 0.4) is 0 Å². The van der Waals surface area contributed by atoms with Crippen molar-refractivity contribution in [3.63, 3.8) is 0 Å². The van der Waals surface area contributed by atoms with Gasteiger partial charge in [0.15, 0.2) is 0 Å². The molecule has 0 aliphatic rings. The molecule has 100 valence electrons.